The van der Waals surface area contributed by atoms with Crippen molar-refractivity contribution in [2.45, 2.75) is 12.5 Å². The molecule has 0 radical (unpaired) electrons. The molecule has 1 nitrogen and oxygen atoms in total. The zero-order chi connectivity index (χ0) is 8.13. The van der Waals surface area contributed by atoms with E-state index in [0.717, 1.165) is 23.7 Å². The first-order valence-corrected chi connectivity index (χ1v) is 4.79. The lowest BCUT2D eigenvalue weighted by molar-refractivity contribution is 0.0765. The smallest absolute Gasteiger partial charge is 0.0791 e. The van der Waals surface area contributed by atoms with Crippen molar-refractivity contribution in [2.24, 2.45) is 23.7 Å². The van der Waals surface area contributed by atoms with Gasteiger partial charge in [0.15, 0.2) is 0 Å². The second-order valence-electron chi connectivity index (χ2n) is 4.19. The molecule has 0 aromatic rings. The predicted octanol–water partition coefficient (Wildman–Crippen LogP) is 2.01. The molecule has 64 valence electrons. The first kappa shape index (κ1) is 6.90. The predicted molar refractivity (Wildman–Crippen MR) is 47.7 cm³/mol. The van der Waals surface area contributed by atoms with Gasteiger partial charge in [-0.15, -0.1) is 0 Å². The number of hydrogen-bond donors (Lipinski definition) is 0. The first-order chi connectivity index (χ1) is 5.90. The van der Waals surface area contributed by atoms with E-state index in [-0.39, 0.29) is 0 Å². The summed E-state index contributed by atoms with van der Waals surface area (Å²) in [7, 11) is 1.83. The molecule has 0 amide bonds. The number of ether oxygens (including phenoxy) is 1. The molecule has 0 aromatic carbocycles. The molecule has 0 spiro atoms. The molecule has 3 rings (SSSR count). The van der Waals surface area contributed by atoms with Crippen molar-refractivity contribution < 1.29 is 4.74 Å². The molecule has 0 saturated heterocycles. The maximum atomic E-state index is 5.46. The summed E-state index contributed by atoms with van der Waals surface area (Å²) >= 11 is 0. The number of hydrogen-bond acceptors (Lipinski definition) is 1. The summed E-state index contributed by atoms with van der Waals surface area (Å²) in [6.07, 6.45) is 11.2. The van der Waals surface area contributed by atoms with Crippen LogP contribution in [-0.2, 0) is 4.74 Å². The van der Waals surface area contributed by atoms with Gasteiger partial charge in [-0.3, -0.25) is 0 Å². The quantitative estimate of drug-likeness (QED) is 0.536. The Hall–Kier alpha value is -0.560. The Kier molecular flexibility index (Phi) is 1.28. The molecule has 3 aliphatic carbocycles. The first-order valence-electron chi connectivity index (χ1n) is 4.79. The van der Waals surface area contributed by atoms with Crippen LogP contribution < -0.4 is 0 Å². The standard InChI is InChI=1S/C11H14O/c1-12-10-5-4-9-7-2-3-8(6-7)11(9)10/h2-5,7-11H,6H2,1H3/t7-,8+,9-,10?,11+/m0/s1. The lowest BCUT2D eigenvalue weighted by Crippen LogP contribution is -2.25. The van der Waals surface area contributed by atoms with Gasteiger partial charge in [-0.25, -0.2) is 0 Å². The zero-order valence-electron chi connectivity index (χ0n) is 7.31. The monoisotopic (exact) mass is 162 g/mol. The second-order valence-corrected chi connectivity index (χ2v) is 4.19. The molecule has 1 saturated carbocycles. The number of allylic oxidation sites excluding steroid dienone is 3. The van der Waals surface area contributed by atoms with Crippen LogP contribution in [0.1, 0.15) is 6.42 Å². The minimum atomic E-state index is 0.398. The maximum absolute atomic E-state index is 5.46. The van der Waals surface area contributed by atoms with Gasteiger partial charge < -0.3 is 4.74 Å². The van der Waals surface area contributed by atoms with E-state index in [1.54, 1.807) is 0 Å². The summed E-state index contributed by atoms with van der Waals surface area (Å²) in [6.45, 7) is 0. The van der Waals surface area contributed by atoms with Crippen LogP contribution in [0.2, 0.25) is 0 Å². The van der Waals surface area contributed by atoms with Gasteiger partial charge in [0.1, 0.15) is 0 Å². The van der Waals surface area contributed by atoms with E-state index in [9.17, 15) is 0 Å². The van der Waals surface area contributed by atoms with Gasteiger partial charge in [-0.05, 0) is 24.2 Å². The Morgan fingerprint density at radius 2 is 1.92 bits per heavy atom. The van der Waals surface area contributed by atoms with Crippen LogP contribution in [0.3, 0.4) is 0 Å². The molecule has 5 atom stereocenters. The average Bonchev–Trinajstić information content (AvgIpc) is 2.76. The normalized spacial score (nSPS) is 53.6. The number of methoxy groups -OCH3 is 1. The van der Waals surface area contributed by atoms with Gasteiger partial charge in [0, 0.05) is 13.0 Å². The van der Waals surface area contributed by atoms with E-state index in [1.165, 1.54) is 6.42 Å². The van der Waals surface area contributed by atoms with Gasteiger partial charge >= 0.3 is 0 Å². The molecule has 0 N–H and O–H groups in total. The van der Waals surface area contributed by atoms with Crippen molar-refractivity contribution in [2.75, 3.05) is 7.11 Å². The van der Waals surface area contributed by atoms with Crippen molar-refractivity contribution in [3.8, 4) is 0 Å². The van der Waals surface area contributed by atoms with E-state index in [0.29, 0.717) is 6.10 Å². The highest BCUT2D eigenvalue weighted by molar-refractivity contribution is 5.24. The van der Waals surface area contributed by atoms with Crippen LogP contribution in [0.25, 0.3) is 0 Å². The summed E-state index contributed by atoms with van der Waals surface area (Å²) < 4.78 is 5.46. The number of rotatable bonds is 1. The lowest BCUT2D eigenvalue weighted by Gasteiger charge is -2.24. The van der Waals surface area contributed by atoms with E-state index in [4.69, 9.17) is 4.74 Å². The Balaban J connectivity index is 1.94. The zero-order valence-corrected chi connectivity index (χ0v) is 7.31. The molecule has 0 heterocycles. The second kappa shape index (κ2) is 2.23. The fraction of sp³-hybridized carbons (Fsp3) is 0.636. The topological polar surface area (TPSA) is 9.23 Å². The van der Waals surface area contributed by atoms with Gasteiger partial charge in [0.05, 0.1) is 6.10 Å². The molecule has 1 fully saturated rings. The van der Waals surface area contributed by atoms with Gasteiger partial charge in [0.2, 0.25) is 0 Å². The van der Waals surface area contributed by atoms with Crippen LogP contribution in [0.4, 0.5) is 0 Å². The van der Waals surface area contributed by atoms with Gasteiger partial charge in [-0.1, -0.05) is 24.3 Å². The molecule has 1 heteroatoms. The maximum Gasteiger partial charge on any atom is 0.0791 e. The lowest BCUT2D eigenvalue weighted by atomic mass is 9.84. The minimum Gasteiger partial charge on any atom is -0.377 e. The highest BCUT2D eigenvalue weighted by atomic mass is 16.5. The van der Waals surface area contributed by atoms with Gasteiger partial charge in [0.25, 0.3) is 0 Å². The molecule has 0 aromatic heterocycles. The van der Waals surface area contributed by atoms with Crippen LogP contribution >= 0.6 is 0 Å². The fourth-order valence-corrected chi connectivity index (χ4v) is 3.23. The van der Waals surface area contributed by atoms with Crippen molar-refractivity contribution in [1.29, 1.82) is 0 Å². The summed E-state index contributed by atoms with van der Waals surface area (Å²) in [5, 5.41) is 0. The van der Waals surface area contributed by atoms with Crippen LogP contribution in [-0.4, -0.2) is 13.2 Å². The average molecular weight is 162 g/mol. The largest absolute Gasteiger partial charge is 0.377 e. The molecular formula is C11H14O. The summed E-state index contributed by atoms with van der Waals surface area (Å²) in [6, 6.07) is 0. The summed E-state index contributed by atoms with van der Waals surface area (Å²) in [5.74, 6) is 3.20. The van der Waals surface area contributed by atoms with E-state index in [2.05, 4.69) is 24.3 Å². The Labute approximate surface area is 73.1 Å². The summed E-state index contributed by atoms with van der Waals surface area (Å²) in [5.41, 5.74) is 0. The van der Waals surface area contributed by atoms with Crippen molar-refractivity contribution >= 4 is 0 Å². The van der Waals surface area contributed by atoms with Crippen LogP contribution in [0.15, 0.2) is 24.3 Å². The third kappa shape index (κ3) is 0.680. The SMILES string of the molecule is COC1C=C[C@@H]2[C@H]1[C@@H]1C=C[C@H]2C1. The molecular weight excluding hydrogens is 148 g/mol. The third-order valence-electron chi connectivity index (χ3n) is 3.76. The molecule has 1 unspecified atom stereocenters. The van der Waals surface area contributed by atoms with E-state index in [1.807, 2.05) is 7.11 Å². The van der Waals surface area contributed by atoms with Gasteiger partial charge in [-0.2, -0.15) is 0 Å². The van der Waals surface area contributed by atoms with Crippen molar-refractivity contribution in [3.63, 3.8) is 0 Å². The highest BCUT2D eigenvalue weighted by Crippen LogP contribution is 2.53. The molecule has 2 bridgehead atoms. The Morgan fingerprint density at radius 3 is 2.75 bits per heavy atom. The molecule has 0 aliphatic heterocycles. The third-order valence-corrected chi connectivity index (χ3v) is 3.76. The Morgan fingerprint density at radius 1 is 1.08 bits per heavy atom. The summed E-state index contributed by atoms with van der Waals surface area (Å²) in [4.78, 5) is 0. The molecule has 3 aliphatic rings. The van der Waals surface area contributed by atoms with E-state index < -0.39 is 0 Å². The highest BCUT2D eigenvalue weighted by Gasteiger charge is 2.48. The van der Waals surface area contributed by atoms with Crippen molar-refractivity contribution in [3.05, 3.63) is 24.3 Å². The van der Waals surface area contributed by atoms with Crippen LogP contribution in [0.5, 0.6) is 0 Å². The number of fused-ring (bicyclic) bond motifs is 5. The van der Waals surface area contributed by atoms with Crippen molar-refractivity contribution in [1.82, 2.24) is 0 Å². The minimum absolute atomic E-state index is 0.398. The molecule has 12 heavy (non-hydrogen) atoms. The fourth-order valence-electron chi connectivity index (χ4n) is 3.23. The Bertz CT molecular complexity index is 254. The van der Waals surface area contributed by atoms with Crippen LogP contribution in [0, 0.1) is 23.7 Å². The van der Waals surface area contributed by atoms with E-state index >= 15 is 0 Å².